The lowest BCUT2D eigenvalue weighted by Crippen LogP contribution is -2.16. The van der Waals surface area contributed by atoms with Gasteiger partial charge in [-0.25, -0.2) is 0 Å². The maximum absolute atomic E-state index is 12.5. The first-order valence-corrected chi connectivity index (χ1v) is 11.2. The summed E-state index contributed by atoms with van der Waals surface area (Å²) in [6.45, 7) is 1.50. The van der Waals surface area contributed by atoms with E-state index in [-0.39, 0.29) is 24.2 Å². The van der Waals surface area contributed by atoms with Gasteiger partial charge in [-0.2, -0.15) is 19.4 Å². The van der Waals surface area contributed by atoms with Crippen LogP contribution in [0, 0.1) is 0 Å². The lowest BCUT2D eigenvalue weighted by atomic mass is 10.1. The van der Waals surface area contributed by atoms with Crippen molar-refractivity contribution in [2.24, 2.45) is 5.10 Å². The average molecular weight is 470 g/mol. The highest BCUT2D eigenvalue weighted by molar-refractivity contribution is 7.99. The Morgan fingerprint density at radius 2 is 2.16 bits per heavy atom. The van der Waals surface area contributed by atoms with Gasteiger partial charge in [-0.05, 0) is 24.4 Å². The first-order valence-electron chi connectivity index (χ1n) is 9.32. The molecule has 0 spiro atoms. The Morgan fingerprint density at radius 1 is 1.31 bits per heavy atom. The summed E-state index contributed by atoms with van der Waals surface area (Å²) < 4.78 is 13.6. The minimum Gasteiger partial charge on any atom is -0.454 e. The number of hydrogen-bond acceptors (Lipinski definition) is 10. The van der Waals surface area contributed by atoms with E-state index in [0.717, 1.165) is 16.6 Å². The number of ether oxygens (including phenoxy) is 2. The third-order valence-electron chi connectivity index (χ3n) is 4.43. The third kappa shape index (κ3) is 3.94. The van der Waals surface area contributed by atoms with Gasteiger partial charge < -0.3 is 14.8 Å². The molecular formula is C19H15N7O4S2. The molecule has 1 aromatic carbocycles. The summed E-state index contributed by atoms with van der Waals surface area (Å²) in [6, 6.07) is 7.04. The van der Waals surface area contributed by atoms with Crippen molar-refractivity contribution in [1.29, 1.82) is 0 Å². The van der Waals surface area contributed by atoms with Crippen LogP contribution in [0.15, 0.2) is 46.2 Å². The molecule has 32 heavy (non-hydrogen) atoms. The number of fused-ring (bicyclic) bond motifs is 2. The number of hydrogen-bond donors (Lipinski definition) is 1. The number of nitrogens with one attached hydrogen (secondary N) is 1. The summed E-state index contributed by atoms with van der Waals surface area (Å²) in [4.78, 5) is 25.5. The van der Waals surface area contributed by atoms with Crippen molar-refractivity contribution >= 4 is 52.5 Å². The summed E-state index contributed by atoms with van der Waals surface area (Å²) in [5.74, 6) is 0.909. The predicted octanol–water partition coefficient (Wildman–Crippen LogP) is 2.53. The monoisotopic (exact) mass is 469 g/mol. The van der Waals surface area contributed by atoms with Gasteiger partial charge in [0.1, 0.15) is 6.33 Å². The smallest absolute Gasteiger partial charge is 0.275 e. The molecule has 4 aromatic rings. The molecule has 5 rings (SSSR count). The highest BCUT2D eigenvalue weighted by Gasteiger charge is 2.21. The standard InChI is InChI=1S/C19H15N7O4S2/c1-11(27)13-5-15-16(30-10-29-15)6-14(13)22-17(28)8-32-19-24-23-18-25(9-21-26(18)19)20-7-12-3-2-4-31-12/h2-7,9H,8,10H2,1H3,(H,22,28). The van der Waals surface area contributed by atoms with Gasteiger partial charge in [0.25, 0.3) is 5.78 Å². The number of thioether (sulfide) groups is 1. The SMILES string of the molecule is CC(=O)c1cc2c(cc1NC(=O)CSc1nnc3n(N=Cc4cccs4)cnn13)OCO2. The van der Waals surface area contributed by atoms with E-state index in [4.69, 9.17) is 9.47 Å². The maximum Gasteiger partial charge on any atom is 0.275 e. The van der Waals surface area contributed by atoms with E-state index in [1.165, 1.54) is 22.4 Å². The van der Waals surface area contributed by atoms with E-state index in [9.17, 15) is 9.59 Å². The molecule has 1 aliphatic rings. The minimum absolute atomic E-state index is 0.0396. The van der Waals surface area contributed by atoms with Gasteiger partial charge in [0.05, 0.1) is 17.7 Å². The van der Waals surface area contributed by atoms with Crippen LogP contribution < -0.4 is 14.8 Å². The van der Waals surface area contributed by atoms with Crippen LogP contribution in [0.25, 0.3) is 5.78 Å². The van der Waals surface area contributed by atoms with Gasteiger partial charge in [0.15, 0.2) is 17.3 Å². The van der Waals surface area contributed by atoms with Gasteiger partial charge in [-0.15, -0.1) is 21.5 Å². The van der Waals surface area contributed by atoms with Crippen LogP contribution in [0.1, 0.15) is 22.2 Å². The summed E-state index contributed by atoms with van der Waals surface area (Å²) in [7, 11) is 0. The average Bonchev–Trinajstić information content (AvgIpc) is 3.55. The van der Waals surface area contributed by atoms with E-state index < -0.39 is 0 Å². The molecule has 0 unspecified atom stereocenters. The number of aromatic nitrogens is 5. The number of carbonyl (C=O) groups excluding carboxylic acids is 2. The molecule has 13 heteroatoms. The van der Waals surface area contributed by atoms with Crippen LogP contribution in [-0.2, 0) is 4.79 Å². The Kier molecular flexibility index (Phi) is 5.33. The number of nitrogens with zero attached hydrogens (tertiary/aromatic N) is 6. The summed E-state index contributed by atoms with van der Waals surface area (Å²) in [5, 5.41) is 21.9. The normalized spacial score (nSPS) is 12.7. The Morgan fingerprint density at radius 3 is 2.94 bits per heavy atom. The first-order chi connectivity index (χ1) is 15.6. The lowest BCUT2D eigenvalue weighted by Gasteiger charge is -2.10. The Hall–Kier alpha value is -3.71. The van der Waals surface area contributed by atoms with Gasteiger partial charge in [0, 0.05) is 16.5 Å². The van der Waals surface area contributed by atoms with E-state index in [1.54, 1.807) is 29.7 Å². The molecular weight excluding hydrogens is 454 g/mol. The van der Waals surface area contributed by atoms with E-state index in [0.29, 0.717) is 33.7 Å². The Bertz CT molecular complexity index is 1340. The topological polar surface area (TPSA) is 125 Å². The van der Waals surface area contributed by atoms with Gasteiger partial charge >= 0.3 is 0 Å². The van der Waals surface area contributed by atoms with Crippen LogP contribution in [0.5, 0.6) is 11.5 Å². The van der Waals surface area contributed by atoms with Crippen LogP contribution in [0.4, 0.5) is 5.69 Å². The summed E-state index contributed by atoms with van der Waals surface area (Å²) in [6.07, 6.45) is 3.23. The molecule has 0 atom stereocenters. The lowest BCUT2D eigenvalue weighted by molar-refractivity contribution is -0.113. The molecule has 0 saturated heterocycles. The van der Waals surface area contributed by atoms with Crippen molar-refractivity contribution in [1.82, 2.24) is 24.5 Å². The highest BCUT2D eigenvalue weighted by Crippen LogP contribution is 2.37. The molecule has 0 fully saturated rings. The van der Waals surface area contributed by atoms with Gasteiger partial charge in [-0.1, -0.05) is 17.8 Å². The second kappa shape index (κ2) is 8.43. The number of Topliss-reactive ketones (excluding diaryl/α,β-unsaturated/α-hetero) is 1. The number of anilines is 1. The predicted molar refractivity (Wildman–Crippen MR) is 118 cm³/mol. The quantitative estimate of drug-likeness (QED) is 0.249. The number of amides is 1. The van der Waals surface area contributed by atoms with Crippen LogP contribution in [0.2, 0.25) is 0 Å². The van der Waals surface area contributed by atoms with Crippen molar-refractivity contribution in [2.75, 3.05) is 17.9 Å². The van der Waals surface area contributed by atoms with E-state index in [1.807, 2.05) is 17.5 Å². The number of thiophene rings is 1. The largest absolute Gasteiger partial charge is 0.454 e. The van der Waals surface area contributed by atoms with Gasteiger partial charge in [-0.3, -0.25) is 9.59 Å². The Balaban J connectivity index is 1.27. The molecule has 1 amide bonds. The fourth-order valence-corrected chi connectivity index (χ4v) is 4.22. The highest BCUT2D eigenvalue weighted by atomic mass is 32.2. The first kappa shape index (κ1) is 20.2. The summed E-state index contributed by atoms with van der Waals surface area (Å²) >= 11 is 2.73. The molecule has 0 radical (unpaired) electrons. The second-order valence-electron chi connectivity index (χ2n) is 6.57. The molecule has 11 nitrogen and oxygen atoms in total. The van der Waals surface area contributed by atoms with Crippen LogP contribution >= 0.6 is 23.1 Å². The number of rotatable bonds is 7. The van der Waals surface area contributed by atoms with Crippen molar-refractivity contribution in [3.63, 3.8) is 0 Å². The number of benzene rings is 1. The Labute approximate surface area is 189 Å². The minimum atomic E-state index is -0.316. The zero-order valence-electron chi connectivity index (χ0n) is 16.6. The van der Waals surface area contributed by atoms with Crippen molar-refractivity contribution in [3.8, 4) is 11.5 Å². The second-order valence-corrected chi connectivity index (χ2v) is 8.50. The molecule has 4 heterocycles. The molecule has 1 N–H and O–H groups in total. The van der Waals surface area contributed by atoms with Crippen molar-refractivity contribution in [2.45, 2.75) is 12.1 Å². The zero-order valence-corrected chi connectivity index (χ0v) is 18.2. The summed E-state index contributed by atoms with van der Waals surface area (Å²) in [5.41, 5.74) is 0.714. The molecule has 1 aliphatic heterocycles. The maximum atomic E-state index is 12.5. The van der Waals surface area contributed by atoms with E-state index >= 15 is 0 Å². The molecule has 162 valence electrons. The molecule has 0 saturated carbocycles. The van der Waals surface area contributed by atoms with Crippen LogP contribution in [-0.4, -0.2) is 54.9 Å². The van der Waals surface area contributed by atoms with Crippen molar-refractivity contribution < 1.29 is 19.1 Å². The molecule has 3 aromatic heterocycles. The van der Waals surface area contributed by atoms with Crippen LogP contribution in [0.3, 0.4) is 0 Å². The number of ketones is 1. The third-order valence-corrected chi connectivity index (χ3v) is 6.15. The van der Waals surface area contributed by atoms with Crippen molar-refractivity contribution in [3.05, 3.63) is 46.4 Å². The number of carbonyl (C=O) groups is 2. The van der Waals surface area contributed by atoms with E-state index in [2.05, 4.69) is 25.7 Å². The fourth-order valence-electron chi connectivity index (χ4n) is 2.96. The molecule has 0 bridgehead atoms. The van der Waals surface area contributed by atoms with Gasteiger partial charge in [0.2, 0.25) is 17.9 Å². The zero-order chi connectivity index (χ0) is 22.1. The molecule has 0 aliphatic carbocycles. The fraction of sp³-hybridized carbons (Fsp3) is 0.158.